The molecule has 3 heterocycles. The number of fused-ring (bicyclic) bond motifs is 1. The lowest BCUT2D eigenvalue weighted by Crippen LogP contribution is -2.26. The molecule has 1 aliphatic rings. The highest BCUT2D eigenvalue weighted by Gasteiger charge is 2.28. The van der Waals surface area contributed by atoms with Crippen molar-refractivity contribution in [2.45, 2.75) is 52.9 Å². The van der Waals surface area contributed by atoms with E-state index in [0.717, 1.165) is 58.6 Å². The number of H-pyrrole nitrogens is 1. The summed E-state index contributed by atoms with van der Waals surface area (Å²) < 4.78 is 19.4. The summed E-state index contributed by atoms with van der Waals surface area (Å²) in [7, 11) is 2.16. The Bertz CT molecular complexity index is 1980. The Labute approximate surface area is 275 Å². The summed E-state index contributed by atoms with van der Waals surface area (Å²) in [4.78, 5) is 6.98. The lowest BCUT2D eigenvalue weighted by atomic mass is 9.91. The largest absolute Gasteiger partial charge is 0.488 e. The van der Waals surface area contributed by atoms with Gasteiger partial charge in [-0.15, -0.1) is 0 Å². The van der Waals surface area contributed by atoms with Crippen LogP contribution in [0, 0.1) is 6.92 Å². The number of aromatic amines is 1. The van der Waals surface area contributed by atoms with Gasteiger partial charge in [0, 0.05) is 19.2 Å². The Kier molecular flexibility index (Phi) is 8.59. The molecule has 8 nitrogen and oxygen atoms in total. The third kappa shape index (κ3) is 6.55. The van der Waals surface area contributed by atoms with Crippen LogP contribution in [0.1, 0.15) is 53.4 Å². The fourth-order valence-electron chi connectivity index (χ4n) is 6.11. The summed E-state index contributed by atoms with van der Waals surface area (Å²) in [5.74, 6) is 3.40. The lowest BCUT2D eigenvalue weighted by molar-refractivity contribution is 0.287. The fraction of sp³-hybridized carbons (Fsp3) is 0.256. The van der Waals surface area contributed by atoms with Gasteiger partial charge in [-0.25, -0.2) is 4.98 Å². The van der Waals surface area contributed by atoms with E-state index >= 15 is 0 Å². The van der Waals surface area contributed by atoms with E-state index in [4.69, 9.17) is 14.0 Å². The quantitative estimate of drug-likeness (QED) is 0.164. The predicted octanol–water partition coefficient (Wildman–Crippen LogP) is 8.37. The molecule has 0 radical (unpaired) electrons. The van der Waals surface area contributed by atoms with Gasteiger partial charge in [0.05, 0.1) is 11.1 Å². The van der Waals surface area contributed by atoms with E-state index in [1.807, 2.05) is 49.4 Å². The van der Waals surface area contributed by atoms with Crippen LogP contribution >= 0.6 is 0 Å². The Morgan fingerprint density at radius 3 is 2.21 bits per heavy atom. The number of nitrogens with zero attached hydrogens (tertiary/aromatic N) is 4. The number of nitrogens with one attached hydrogen (secondary N) is 1. The molecule has 8 heteroatoms. The van der Waals surface area contributed by atoms with Crippen molar-refractivity contribution in [2.24, 2.45) is 0 Å². The minimum atomic E-state index is 0.171. The predicted molar refractivity (Wildman–Crippen MR) is 183 cm³/mol. The number of benzene rings is 4. The maximum atomic E-state index is 6.61. The molecule has 0 bridgehead atoms. The zero-order valence-electron chi connectivity index (χ0n) is 27.3. The average molecular weight is 626 g/mol. The highest BCUT2D eigenvalue weighted by Crippen LogP contribution is 2.46. The van der Waals surface area contributed by atoms with Gasteiger partial charge >= 0.3 is 0 Å². The monoisotopic (exact) mass is 625 g/mol. The minimum absolute atomic E-state index is 0.171. The zero-order valence-corrected chi connectivity index (χ0v) is 27.3. The molecule has 0 saturated heterocycles. The van der Waals surface area contributed by atoms with Gasteiger partial charge in [-0.2, -0.15) is 5.10 Å². The zero-order chi connectivity index (χ0) is 32.3. The van der Waals surface area contributed by atoms with Crippen molar-refractivity contribution in [2.75, 3.05) is 13.6 Å². The molecule has 4 aromatic carbocycles. The minimum Gasteiger partial charge on any atom is -0.488 e. The van der Waals surface area contributed by atoms with E-state index in [1.54, 1.807) is 0 Å². The number of rotatable bonds is 10. The second-order valence-corrected chi connectivity index (χ2v) is 12.5. The number of likely N-dealkylation sites (N-methyl/N-ethyl adjacent to an activating group) is 1. The maximum Gasteiger partial charge on any atom is 0.204 e. The molecule has 1 aliphatic heterocycles. The van der Waals surface area contributed by atoms with Crippen LogP contribution in [0.4, 0.5) is 0 Å². The van der Waals surface area contributed by atoms with Crippen molar-refractivity contribution in [3.63, 3.8) is 0 Å². The lowest BCUT2D eigenvalue weighted by Gasteiger charge is -2.25. The summed E-state index contributed by atoms with van der Waals surface area (Å²) in [6.07, 6.45) is 0.978. The average Bonchev–Trinajstić information content (AvgIpc) is 3.73. The summed E-state index contributed by atoms with van der Waals surface area (Å²) in [5, 5.41) is 12.0. The SMILES string of the molecule is Cc1nc(-c2noc(-c3cc(C(C)C)c(OCc4ccccc4)cc3OCc3ccccc3)c2-c2ccc3c(c2)CCN(C)C3)n[nH]1. The van der Waals surface area contributed by atoms with Crippen LogP contribution in [-0.4, -0.2) is 38.8 Å². The van der Waals surface area contributed by atoms with E-state index in [9.17, 15) is 0 Å². The normalized spacial score (nSPS) is 13.1. The molecule has 0 amide bonds. The smallest absolute Gasteiger partial charge is 0.204 e. The molecule has 1 N–H and O–H groups in total. The highest BCUT2D eigenvalue weighted by atomic mass is 16.5. The van der Waals surface area contributed by atoms with Crippen LogP contribution in [0.15, 0.2) is 95.5 Å². The van der Waals surface area contributed by atoms with Crippen LogP contribution in [-0.2, 0) is 26.2 Å². The Hall–Kier alpha value is -5.21. The molecule has 0 fully saturated rings. The summed E-state index contributed by atoms with van der Waals surface area (Å²) in [5.41, 5.74) is 9.11. The number of aromatic nitrogens is 4. The first-order valence-electron chi connectivity index (χ1n) is 16.1. The highest BCUT2D eigenvalue weighted by molar-refractivity contribution is 5.91. The van der Waals surface area contributed by atoms with Crippen LogP contribution in [0.3, 0.4) is 0 Å². The van der Waals surface area contributed by atoms with E-state index in [1.165, 1.54) is 11.1 Å². The first-order chi connectivity index (χ1) is 22.9. The molecular formula is C39H39N5O3. The molecule has 7 rings (SSSR count). The van der Waals surface area contributed by atoms with Gasteiger partial charge in [-0.3, -0.25) is 5.10 Å². The standard InChI is InChI=1S/C39H39N5O3/c1-25(2)32-20-33(35(46-24-28-13-9-6-10-14-28)21-34(32)45-23-27-11-7-5-8-12-27)38-36(37(43-47-38)39-40-26(3)41-42-39)30-15-16-31-22-44(4)18-17-29(31)19-30/h5-16,19-21,25H,17-18,22-24H2,1-4H3,(H,40,41,42). The number of ether oxygens (including phenoxy) is 2. The van der Waals surface area contributed by atoms with E-state index < -0.39 is 0 Å². The third-order valence-electron chi connectivity index (χ3n) is 8.65. The van der Waals surface area contributed by atoms with Gasteiger partial charge in [0.1, 0.15) is 30.5 Å². The van der Waals surface area contributed by atoms with E-state index in [0.29, 0.717) is 42.1 Å². The second kappa shape index (κ2) is 13.3. The van der Waals surface area contributed by atoms with Crippen molar-refractivity contribution in [1.29, 1.82) is 0 Å². The van der Waals surface area contributed by atoms with Crippen molar-refractivity contribution in [1.82, 2.24) is 25.2 Å². The van der Waals surface area contributed by atoms with E-state index in [2.05, 4.69) is 94.7 Å². The molecule has 2 aromatic heterocycles. The first kappa shape index (κ1) is 30.4. The summed E-state index contributed by atoms with van der Waals surface area (Å²) >= 11 is 0. The Morgan fingerprint density at radius 1 is 0.851 bits per heavy atom. The van der Waals surface area contributed by atoms with Gasteiger partial charge < -0.3 is 18.9 Å². The molecule has 0 saturated carbocycles. The maximum absolute atomic E-state index is 6.61. The second-order valence-electron chi connectivity index (χ2n) is 12.5. The molecule has 0 atom stereocenters. The first-order valence-corrected chi connectivity index (χ1v) is 16.1. The molecule has 0 spiro atoms. The Balaban J connectivity index is 1.38. The third-order valence-corrected chi connectivity index (χ3v) is 8.65. The Morgan fingerprint density at radius 2 is 1.55 bits per heavy atom. The van der Waals surface area contributed by atoms with Gasteiger partial charge in [-0.05, 0) is 65.8 Å². The molecule has 0 unspecified atom stereocenters. The molecular weight excluding hydrogens is 586 g/mol. The fourth-order valence-corrected chi connectivity index (χ4v) is 6.11. The number of hydrogen-bond donors (Lipinski definition) is 1. The van der Waals surface area contributed by atoms with Crippen molar-refractivity contribution in [3.05, 3.63) is 125 Å². The van der Waals surface area contributed by atoms with Crippen LogP contribution in [0.5, 0.6) is 11.5 Å². The summed E-state index contributed by atoms with van der Waals surface area (Å²) in [6.45, 7) is 8.99. The van der Waals surface area contributed by atoms with Crippen LogP contribution in [0.2, 0.25) is 0 Å². The van der Waals surface area contributed by atoms with Crippen molar-refractivity contribution in [3.8, 4) is 45.5 Å². The van der Waals surface area contributed by atoms with Gasteiger partial charge in [-0.1, -0.05) is 97.9 Å². The van der Waals surface area contributed by atoms with Crippen molar-refractivity contribution >= 4 is 0 Å². The van der Waals surface area contributed by atoms with Crippen LogP contribution in [0.25, 0.3) is 34.0 Å². The van der Waals surface area contributed by atoms with Gasteiger partial charge in [0.2, 0.25) is 5.82 Å². The summed E-state index contributed by atoms with van der Waals surface area (Å²) in [6, 6.07) is 31.1. The van der Waals surface area contributed by atoms with E-state index in [-0.39, 0.29) is 5.92 Å². The van der Waals surface area contributed by atoms with Gasteiger partial charge in [0.25, 0.3) is 0 Å². The molecule has 47 heavy (non-hydrogen) atoms. The van der Waals surface area contributed by atoms with Gasteiger partial charge in [0.15, 0.2) is 11.5 Å². The molecule has 6 aromatic rings. The number of aryl methyl sites for hydroxylation is 1. The molecule has 0 aliphatic carbocycles. The van der Waals surface area contributed by atoms with Crippen LogP contribution < -0.4 is 9.47 Å². The topological polar surface area (TPSA) is 89.3 Å². The molecule has 238 valence electrons. The van der Waals surface area contributed by atoms with Crippen molar-refractivity contribution < 1.29 is 14.0 Å². The number of hydrogen-bond acceptors (Lipinski definition) is 7.